The van der Waals surface area contributed by atoms with Gasteiger partial charge in [-0.05, 0) is 74.7 Å². The highest BCUT2D eigenvalue weighted by molar-refractivity contribution is 5.99. The van der Waals surface area contributed by atoms with Crippen molar-refractivity contribution in [2.45, 2.75) is 77.7 Å². The average molecular weight is 329 g/mol. The first-order chi connectivity index (χ1) is 11.4. The van der Waals surface area contributed by atoms with Gasteiger partial charge in [0.05, 0.1) is 11.3 Å². The van der Waals surface area contributed by atoms with Crippen molar-refractivity contribution in [3.05, 3.63) is 23.3 Å². The van der Waals surface area contributed by atoms with Crippen LogP contribution in [0.1, 0.15) is 72.1 Å². The predicted octanol–water partition coefficient (Wildman–Crippen LogP) is 4.84. The Morgan fingerprint density at radius 1 is 1.08 bits per heavy atom. The van der Waals surface area contributed by atoms with Crippen LogP contribution >= 0.6 is 0 Å². The lowest BCUT2D eigenvalue weighted by Gasteiger charge is -2.62. The molecule has 0 radical (unpaired) electrons. The zero-order valence-electron chi connectivity index (χ0n) is 15.3. The van der Waals surface area contributed by atoms with E-state index in [1.54, 1.807) is 0 Å². The number of nitrogens with zero attached hydrogens (tertiary/aromatic N) is 1. The Bertz CT molecular complexity index is 648. The summed E-state index contributed by atoms with van der Waals surface area (Å²) in [6.07, 6.45) is 13.4. The maximum atomic E-state index is 11.9. The minimum atomic E-state index is -0.560. The van der Waals surface area contributed by atoms with Gasteiger partial charge in [-0.2, -0.15) is 0 Å². The zero-order chi connectivity index (χ0) is 17.2. The van der Waals surface area contributed by atoms with Crippen LogP contribution in [0, 0.1) is 22.7 Å². The molecule has 4 rings (SSSR count). The molecule has 2 saturated carbocycles. The summed E-state index contributed by atoms with van der Waals surface area (Å²) in [5.74, 6) is 0.780. The minimum Gasteiger partial charge on any atom is -0.411 e. The van der Waals surface area contributed by atoms with E-state index >= 15 is 0 Å². The smallest absolute Gasteiger partial charge is 0.0799 e. The zero-order valence-corrected chi connectivity index (χ0v) is 15.3. The molecular weight excluding hydrogens is 298 g/mol. The molecule has 0 unspecified atom stereocenters. The van der Waals surface area contributed by atoms with Gasteiger partial charge in [-0.1, -0.05) is 43.1 Å². The van der Waals surface area contributed by atoms with Crippen LogP contribution in [-0.2, 0) is 0 Å². The minimum absolute atomic E-state index is 0.0294. The van der Waals surface area contributed by atoms with Gasteiger partial charge in [-0.3, -0.25) is 0 Å². The van der Waals surface area contributed by atoms with E-state index in [-0.39, 0.29) is 10.8 Å². The van der Waals surface area contributed by atoms with Crippen LogP contribution in [0.5, 0.6) is 0 Å². The largest absolute Gasteiger partial charge is 0.411 e. The first-order valence-corrected chi connectivity index (χ1v) is 9.68. The van der Waals surface area contributed by atoms with Crippen LogP contribution in [0.4, 0.5) is 0 Å². The topological polar surface area (TPSA) is 52.8 Å². The molecule has 132 valence electrons. The van der Waals surface area contributed by atoms with E-state index in [4.69, 9.17) is 0 Å². The summed E-state index contributed by atoms with van der Waals surface area (Å²) in [6, 6.07) is 0. The first-order valence-electron chi connectivity index (χ1n) is 9.68. The SMILES string of the molecule is CC(=NO)C1=CC[C@H]2[C@@H]3CC=C4CCCC[C@]4(C)[C@@]3(O)CC[C@]12C. The fraction of sp³-hybridized carbons (Fsp3) is 0.762. The van der Waals surface area contributed by atoms with Crippen molar-refractivity contribution in [1.82, 2.24) is 0 Å². The highest BCUT2D eigenvalue weighted by Gasteiger charge is 2.63. The van der Waals surface area contributed by atoms with E-state index in [9.17, 15) is 10.3 Å². The van der Waals surface area contributed by atoms with E-state index in [1.807, 2.05) is 6.92 Å². The summed E-state index contributed by atoms with van der Waals surface area (Å²) in [6.45, 7) is 6.56. The Kier molecular flexibility index (Phi) is 3.55. The molecule has 0 aliphatic heterocycles. The number of oxime groups is 1. The van der Waals surface area contributed by atoms with Gasteiger partial charge in [0.15, 0.2) is 0 Å². The second kappa shape index (κ2) is 5.20. The Hall–Kier alpha value is -1.09. The van der Waals surface area contributed by atoms with Gasteiger partial charge in [0.2, 0.25) is 0 Å². The molecule has 0 amide bonds. The van der Waals surface area contributed by atoms with Crippen molar-refractivity contribution < 1.29 is 10.3 Å². The number of hydrogen-bond acceptors (Lipinski definition) is 3. The fourth-order valence-electron chi connectivity index (χ4n) is 6.82. The lowest BCUT2D eigenvalue weighted by atomic mass is 9.45. The summed E-state index contributed by atoms with van der Waals surface area (Å²) in [5.41, 5.74) is 2.94. The van der Waals surface area contributed by atoms with Crippen LogP contribution < -0.4 is 0 Å². The molecule has 0 aromatic heterocycles. The Morgan fingerprint density at radius 2 is 1.83 bits per heavy atom. The van der Waals surface area contributed by atoms with Gasteiger partial charge in [0.25, 0.3) is 0 Å². The monoisotopic (exact) mass is 329 g/mol. The van der Waals surface area contributed by atoms with Crippen molar-refractivity contribution in [3.63, 3.8) is 0 Å². The van der Waals surface area contributed by atoms with E-state index in [0.717, 1.165) is 37.8 Å². The molecule has 2 fully saturated rings. The van der Waals surface area contributed by atoms with Crippen LogP contribution in [-0.4, -0.2) is 21.6 Å². The summed E-state index contributed by atoms with van der Waals surface area (Å²) in [7, 11) is 0. The van der Waals surface area contributed by atoms with Gasteiger partial charge >= 0.3 is 0 Å². The molecule has 24 heavy (non-hydrogen) atoms. The molecule has 3 nitrogen and oxygen atoms in total. The molecule has 0 spiro atoms. The summed E-state index contributed by atoms with van der Waals surface area (Å²) in [5, 5.41) is 24.7. The molecule has 4 aliphatic rings. The number of hydrogen-bond donors (Lipinski definition) is 2. The molecule has 0 saturated heterocycles. The third-order valence-electron chi connectivity index (χ3n) is 8.33. The van der Waals surface area contributed by atoms with E-state index in [1.165, 1.54) is 30.4 Å². The molecule has 0 aromatic carbocycles. The van der Waals surface area contributed by atoms with Crippen molar-refractivity contribution >= 4 is 5.71 Å². The van der Waals surface area contributed by atoms with Crippen molar-refractivity contribution in [2.24, 2.45) is 27.8 Å². The van der Waals surface area contributed by atoms with Crippen molar-refractivity contribution in [2.75, 3.05) is 0 Å². The number of aliphatic hydroxyl groups is 1. The van der Waals surface area contributed by atoms with Crippen LogP contribution in [0.25, 0.3) is 0 Å². The van der Waals surface area contributed by atoms with Gasteiger partial charge in [-0.15, -0.1) is 0 Å². The molecule has 3 heteroatoms. The second-order valence-electron chi connectivity index (χ2n) is 9.10. The molecule has 0 aromatic rings. The normalized spacial score (nSPS) is 48.1. The molecular formula is C21H31NO2. The van der Waals surface area contributed by atoms with E-state index in [0.29, 0.717) is 11.8 Å². The van der Waals surface area contributed by atoms with E-state index in [2.05, 4.69) is 31.2 Å². The number of rotatable bonds is 1. The summed E-state index contributed by atoms with van der Waals surface area (Å²) < 4.78 is 0. The van der Waals surface area contributed by atoms with Gasteiger partial charge in [0, 0.05) is 5.41 Å². The van der Waals surface area contributed by atoms with Crippen LogP contribution in [0.15, 0.2) is 28.5 Å². The maximum Gasteiger partial charge on any atom is 0.0799 e. The third-order valence-corrected chi connectivity index (χ3v) is 8.33. The van der Waals surface area contributed by atoms with Crippen LogP contribution in [0.3, 0.4) is 0 Å². The Morgan fingerprint density at radius 3 is 2.58 bits per heavy atom. The quantitative estimate of drug-likeness (QED) is 0.313. The first kappa shape index (κ1) is 16.4. The molecule has 4 aliphatic carbocycles. The Labute approximate surface area is 145 Å². The lowest BCUT2D eigenvalue weighted by molar-refractivity contribution is -0.176. The molecule has 0 heterocycles. The predicted molar refractivity (Wildman–Crippen MR) is 96.1 cm³/mol. The lowest BCUT2D eigenvalue weighted by Crippen LogP contribution is -2.62. The van der Waals surface area contributed by atoms with Gasteiger partial charge < -0.3 is 10.3 Å². The van der Waals surface area contributed by atoms with Gasteiger partial charge in [0.1, 0.15) is 0 Å². The Balaban J connectivity index is 1.74. The van der Waals surface area contributed by atoms with E-state index < -0.39 is 5.60 Å². The summed E-state index contributed by atoms with van der Waals surface area (Å²) in [4.78, 5) is 0. The second-order valence-corrected chi connectivity index (χ2v) is 9.10. The standard InChI is InChI=1S/C21H31NO2/c1-14(22-24)16-9-10-17-18-8-7-15-6-4-5-11-20(15,3)21(18,23)13-12-19(16,17)2/h7,9,17-18,23-24H,4-6,8,10-13H2,1-3H3/t17-,18-,19+,20-,21+/m0/s1. The van der Waals surface area contributed by atoms with Gasteiger partial charge in [-0.25, -0.2) is 0 Å². The number of allylic oxidation sites excluding steroid dienone is 3. The number of fused-ring (bicyclic) bond motifs is 5. The van der Waals surface area contributed by atoms with Crippen molar-refractivity contribution in [3.8, 4) is 0 Å². The maximum absolute atomic E-state index is 11.9. The highest BCUT2D eigenvalue weighted by Crippen LogP contribution is 2.66. The third kappa shape index (κ3) is 1.85. The highest BCUT2D eigenvalue weighted by atomic mass is 16.4. The summed E-state index contributed by atoms with van der Waals surface area (Å²) >= 11 is 0. The molecule has 2 N–H and O–H groups in total. The van der Waals surface area contributed by atoms with Crippen molar-refractivity contribution in [1.29, 1.82) is 0 Å². The molecule has 5 atom stereocenters. The fourth-order valence-corrected chi connectivity index (χ4v) is 6.82. The van der Waals surface area contributed by atoms with Crippen LogP contribution in [0.2, 0.25) is 0 Å². The average Bonchev–Trinajstić information content (AvgIpc) is 2.92. The molecule has 0 bridgehead atoms.